The highest BCUT2D eigenvalue weighted by Crippen LogP contribution is 2.15. The molecule has 54 valence electrons. The van der Waals surface area contributed by atoms with Gasteiger partial charge in [-0.25, -0.2) is 4.98 Å². The minimum absolute atomic E-state index is 0.219. The van der Waals surface area contributed by atoms with Crippen LogP contribution in [0.2, 0.25) is 0 Å². The summed E-state index contributed by atoms with van der Waals surface area (Å²) >= 11 is 6.40. The number of nitrogen functional groups attached to an aromatic ring is 1. The molecule has 0 radical (unpaired) electrons. The van der Waals surface area contributed by atoms with Crippen molar-refractivity contribution in [3.63, 3.8) is 0 Å². The number of hydrogen-bond acceptors (Lipinski definition) is 4. The van der Waals surface area contributed by atoms with Crippen LogP contribution in [0.3, 0.4) is 0 Å². The molecule has 0 saturated heterocycles. The molecule has 0 amide bonds. The molecule has 0 aromatic carbocycles. The Morgan fingerprint density at radius 1 is 1.90 bits per heavy atom. The quantitative estimate of drug-likeness (QED) is 0.685. The largest absolute Gasteiger partial charge is 0.375 e. The minimum Gasteiger partial charge on any atom is -0.375 e. The number of nitrogens with zero attached hydrogens (tertiary/aromatic N) is 1. The molecule has 0 spiro atoms. The fraction of sp³-hybridized carbons (Fsp3) is 0.200. The summed E-state index contributed by atoms with van der Waals surface area (Å²) in [5.41, 5.74) is 5.31. The van der Waals surface area contributed by atoms with E-state index >= 15 is 0 Å². The van der Waals surface area contributed by atoms with Gasteiger partial charge in [-0.05, 0) is 11.6 Å². The molecule has 1 heterocycles. The molecule has 0 aliphatic rings. The summed E-state index contributed by atoms with van der Waals surface area (Å²) in [4.78, 5) is 14.9. The van der Waals surface area contributed by atoms with Crippen molar-refractivity contribution in [2.45, 2.75) is 6.42 Å². The maximum absolute atomic E-state index is 10.3. The van der Waals surface area contributed by atoms with Crippen molar-refractivity contribution in [2.75, 3.05) is 5.73 Å². The summed E-state index contributed by atoms with van der Waals surface area (Å²) in [6, 6.07) is 0. The van der Waals surface area contributed by atoms with Gasteiger partial charge in [0.2, 0.25) is 5.24 Å². The van der Waals surface area contributed by atoms with Crippen LogP contribution in [0.15, 0.2) is 6.20 Å². The first-order chi connectivity index (χ1) is 4.68. The second-order valence-electron chi connectivity index (χ2n) is 1.70. The summed E-state index contributed by atoms with van der Waals surface area (Å²) in [5, 5.41) is 0.0802. The van der Waals surface area contributed by atoms with Crippen LogP contribution >= 0.6 is 22.9 Å². The first-order valence-electron chi connectivity index (χ1n) is 2.57. The lowest BCUT2D eigenvalue weighted by Gasteiger charge is -1.83. The van der Waals surface area contributed by atoms with E-state index in [1.54, 1.807) is 6.20 Å². The molecule has 0 aliphatic carbocycles. The highest BCUT2D eigenvalue weighted by Gasteiger charge is 2.02. The van der Waals surface area contributed by atoms with Crippen molar-refractivity contribution in [3.05, 3.63) is 11.1 Å². The maximum atomic E-state index is 10.3. The summed E-state index contributed by atoms with van der Waals surface area (Å²) in [5.74, 6) is 0. The zero-order chi connectivity index (χ0) is 7.56. The molecular weight excluding hydrogens is 172 g/mol. The van der Waals surface area contributed by atoms with Crippen LogP contribution in [-0.2, 0) is 11.2 Å². The van der Waals surface area contributed by atoms with E-state index in [9.17, 15) is 4.79 Å². The van der Waals surface area contributed by atoms with Crippen LogP contribution in [0.4, 0.5) is 5.13 Å². The molecule has 0 fully saturated rings. The second-order valence-corrected chi connectivity index (χ2v) is 3.27. The molecule has 0 unspecified atom stereocenters. The zero-order valence-corrected chi connectivity index (χ0v) is 6.58. The van der Waals surface area contributed by atoms with Crippen LogP contribution < -0.4 is 5.73 Å². The average molecular weight is 177 g/mol. The zero-order valence-electron chi connectivity index (χ0n) is 5.00. The Hall–Kier alpha value is -0.610. The van der Waals surface area contributed by atoms with E-state index < -0.39 is 0 Å². The molecule has 3 nitrogen and oxygen atoms in total. The maximum Gasteiger partial charge on any atom is 0.226 e. The van der Waals surface area contributed by atoms with Gasteiger partial charge in [0.15, 0.2) is 5.13 Å². The second kappa shape index (κ2) is 2.98. The molecule has 2 N–H and O–H groups in total. The highest BCUT2D eigenvalue weighted by molar-refractivity contribution is 7.15. The Morgan fingerprint density at radius 2 is 2.60 bits per heavy atom. The van der Waals surface area contributed by atoms with Gasteiger partial charge < -0.3 is 5.73 Å². The fourth-order valence-corrected chi connectivity index (χ4v) is 1.45. The van der Waals surface area contributed by atoms with Crippen molar-refractivity contribution in [3.8, 4) is 0 Å². The molecule has 0 bridgehead atoms. The van der Waals surface area contributed by atoms with Gasteiger partial charge in [0.25, 0.3) is 0 Å². The summed E-state index contributed by atoms with van der Waals surface area (Å²) in [6.07, 6.45) is 1.77. The lowest BCUT2D eigenvalue weighted by molar-refractivity contribution is -0.111. The molecule has 1 rings (SSSR count). The van der Waals surface area contributed by atoms with Crippen LogP contribution in [0, 0.1) is 0 Å². The third kappa shape index (κ3) is 1.97. The smallest absolute Gasteiger partial charge is 0.226 e. The van der Waals surface area contributed by atoms with Crippen LogP contribution in [0.25, 0.3) is 0 Å². The van der Waals surface area contributed by atoms with Gasteiger partial charge in [0.1, 0.15) is 0 Å². The number of nitrogens with two attached hydrogens (primary N) is 1. The predicted octanol–water partition coefficient (Wildman–Crippen LogP) is 1.03. The topological polar surface area (TPSA) is 56.0 Å². The normalized spacial score (nSPS) is 9.70. The summed E-state index contributed by atoms with van der Waals surface area (Å²) in [6.45, 7) is 0. The Balaban J connectivity index is 2.67. The van der Waals surface area contributed by atoms with Crippen molar-refractivity contribution in [1.82, 2.24) is 4.98 Å². The third-order valence-electron chi connectivity index (χ3n) is 0.885. The molecule has 0 saturated carbocycles. The van der Waals surface area contributed by atoms with Gasteiger partial charge in [-0.1, -0.05) is 0 Å². The van der Waals surface area contributed by atoms with Crippen LogP contribution in [-0.4, -0.2) is 10.2 Å². The lowest BCUT2D eigenvalue weighted by atomic mass is 10.4. The van der Waals surface area contributed by atoms with Crippen molar-refractivity contribution < 1.29 is 4.79 Å². The minimum atomic E-state index is -0.386. The number of anilines is 1. The predicted molar refractivity (Wildman–Crippen MR) is 41.1 cm³/mol. The Labute approximate surface area is 66.8 Å². The van der Waals surface area contributed by atoms with Crippen LogP contribution in [0.1, 0.15) is 4.88 Å². The van der Waals surface area contributed by atoms with E-state index in [0.29, 0.717) is 5.13 Å². The van der Waals surface area contributed by atoms with E-state index in [2.05, 4.69) is 4.98 Å². The number of thiazole rings is 1. The number of aromatic nitrogens is 1. The lowest BCUT2D eigenvalue weighted by Crippen LogP contribution is -1.88. The van der Waals surface area contributed by atoms with E-state index in [4.69, 9.17) is 17.3 Å². The summed E-state index contributed by atoms with van der Waals surface area (Å²) < 4.78 is 0. The molecule has 5 heteroatoms. The van der Waals surface area contributed by atoms with Crippen molar-refractivity contribution >= 4 is 33.3 Å². The first-order valence-corrected chi connectivity index (χ1v) is 3.76. The molecular formula is C5H5ClN2OS. The van der Waals surface area contributed by atoms with Gasteiger partial charge in [0.05, 0.1) is 6.42 Å². The van der Waals surface area contributed by atoms with Crippen molar-refractivity contribution in [2.24, 2.45) is 0 Å². The van der Waals surface area contributed by atoms with E-state index in [1.807, 2.05) is 0 Å². The Kier molecular flexibility index (Phi) is 2.24. The van der Waals surface area contributed by atoms with Crippen molar-refractivity contribution in [1.29, 1.82) is 0 Å². The number of rotatable bonds is 2. The van der Waals surface area contributed by atoms with Gasteiger partial charge in [-0.3, -0.25) is 4.79 Å². The number of halogens is 1. The average Bonchev–Trinajstić information content (AvgIpc) is 2.13. The van der Waals surface area contributed by atoms with Crippen LogP contribution in [0.5, 0.6) is 0 Å². The van der Waals surface area contributed by atoms with E-state index in [1.165, 1.54) is 11.3 Å². The Bertz CT molecular complexity index is 248. The number of hydrogen-bond donors (Lipinski definition) is 1. The van der Waals surface area contributed by atoms with Gasteiger partial charge >= 0.3 is 0 Å². The Morgan fingerprint density at radius 3 is 3.00 bits per heavy atom. The molecule has 0 atom stereocenters. The molecule has 1 aromatic heterocycles. The fourth-order valence-electron chi connectivity index (χ4n) is 0.541. The SMILES string of the molecule is Nc1ncc(CC(=O)Cl)s1. The highest BCUT2D eigenvalue weighted by atomic mass is 35.5. The van der Waals surface area contributed by atoms with Gasteiger partial charge in [-0.2, -0.15) is 0 Å². The van der Waals surface area contributed by atoms with E-state index in [-0.39, 0.29) is 11.7 Å². The summed E-state index contributed by atoms with van der Waals surface area (Å²) in [7, 11) is 0. The number of carbonyl (C=O) groups excluding carboxylic acids is 1. The molecule has 1 aromatic rings. The monoisotopic (exact) mass is 176 g/mol. The third-order valence-corrected chi connectivity index (χ3v) is 1.84. The molecule has 0 aliphatic heterocycles. The first kappa shape index (κ1) is 7.50. The molecule has 10 heavy (non-hydrogen) atoms. The van der Waals surface area contributed by atoms with E-state index in [0.717, 1.165) is 4.88 Å². The van der Waals surface area contributed by atoms with Gasteiger partial charge in [0, 0.05) is 11.1 Å². The standard InChI is InChI=1S/C5H5ClN2OS/c6-4(9)1-3-2-8-5(7)10-3/h2H,1H2,(H2,7,8). The number of carbonyl (C=O) groups is 1. The van der Waals surface area contributed by atoms with Gasteiger partial charge in [-0.15, -0.1) is 11.3 Å².